The molecule has 76 heavy (non-hydrogen) atoms. The van der Waals surface area contributed by atoms with Crippen LogP contribution >= 0.6 is 0 Å². The first-order valence-electron chi connectivity index (χ1n) is 25.6. The van der Waals surface area contributed by atoms with Crippen LogP contribution in [-0.4, -0.2) is 119 Å². The summed E-state index contributed by atoms with van der Waals surface area (Å²) in [4.78, 5) is 9.86. The van der Waals surface area contributed by atoms with E-state index in [2.05, 4.69) is 164 Å². The van der Waals surface area contributed by atoms with E-state index >= 15 is 0 Å². The molecule has 4 aliphatic carbocycles. The van der Waals surface area contributed by atoms with Crippen LogP contribution in [-0.2, 0) is 47.2 Å². The maximum absolute atomic E-state index is 5.46. The zero-order valence-electron chi connectivity index (χ0n) is 43.1. The third-order valence-corrected chi connectivity index (χ3v) is 13.8. The van der Waals surface area contributed by atoms with Crippen molar-refractivity contribution in [2.75, 3.05) is 89.5 Å². The monoisotopic (exact) mass is 1090 g/mol. The van der Waals surface area contributed by atoms with Crippen molar-refractivity contribution in [2.24, 2.45) is 0 Å². The number of piperazine rings is 2. The van der Waals surface area contributed by atoms with Gasteiger partial charge in [0.1, 0.15) is 11.5 Å². The van der Waals surface area contributed by atoms with Gasteiger partial charge in [-0.25, -0.2) is 9.36 Å². The molecule has 2 aliphatic heterocycles. The van der Waals surface area contributed by atoms with E-state index < -0.39 is 0 Å². The fourth-order valence-corrected chi connectivity index (χ4v) is 9.72. The van der Waals surface area contributed by atoms with Gasteiger partial charge in [0.25, 0.3) is 0 Å². The van der Waals surface area contributed by atoms with Crippen LogP contribution in [0.3, 0.4) is 0 Å². The van der Waals surface area contributed by atoms with E-state index in [1.165, 1.54) is 45.5 Å². The third-order valence-electron chi connectivity index (χ3n) is 13.8. The molecule has 2 aromatic heterocycles. The number of ether oxygens (including phenoxy) is 2. The molecule has 6 aliphatic rings. The fraction of sp³-hybridized carbons (Fsp3) is 0.226. The molecule has 6 aromatic rings. The Hall–Kier alpha value is -4.68. The molecular formula is C62H64Fe2N10O2+4. The number of benzene rings is 4. The van der Waals surface area contributed by atoms with Gasteiger partial charge in [0.05, 0.1) is 50.1 Å². The summed E-state index contributed by atoms with van der Waals surface area (Å²) in [5.41, 5.74) is 8.96. The van der Waals surface area contributed by atoms with E-state index in [0.29, 0.717) is 13.1 Å². The van der Waals surface area contributed by atoms with Gasteiger partial charge in [-0.15, -0.1) is 10.2 Å². The van der Waals surface area contributed by atoms with E-state index in [4.69, 9.17) is 9.47 Å². The maximum atomic E-state index is 5.46. The van der Waals surface area contributed by atoms with Crippen molar-refractivity contribution in [1.82, 2.24) is 39.8 Å². The molecule has 4 aromatic carbocycles. The number of hydrogen-bond donors (Lipinski definition) is 0. The number of rotatable bonds is 15. The van der Waals surface area contributed by atoms with E-state index in [-0.39, 0.29) is 34.1 Å². The van der Waals surface area contributed by atoms with Crippen LogP contribution in [0, 0.1) is 126 Å². The van der Waals surface area contributed by atoms with Crippen LogP contribution < -0.4 is 19.3 Å². The second-order valence-electron chi connectivity index (χ2n) is 18.8. The van der Waals surface area contributed by atoms with E-state index in [0.717, 1.165) is 100 Å². The van der Waals surface area contributed by atoms with Crippen LogP contribution in [0.25, 0.3) is 11.1 Å². The van der Waals surface area contributed by atoms with Crippen molar-refractivity contribution in [3.8, 4) is 22.6 Å². The van der Waals surface area contributed by atoms with Crippen molar-refractivity contribution in [1.29, 1.82) is 0 Å². The molecule has 0 unspecified atom stereocenters. The van der Waals surface area contributed by atoms with Crippen molar-refractivity contribution < 1.29 is 43.6 Å². The molecule has 6 fully saturated rings. The molecule has 0 N–H and O–H groups in total. The molecule has 4 saturated carbocycles. The SMILES string of the molecule is COc1ccccc1N1CCN(C[C]2[CH][CH][CH][CH]2)CC1.COc1ccccc1N1CCN(C[C]2[CH][CH][CH][CH]2)CC1.[CH]1[CH][CH][C](c2cn(Cc3ccc(-c4ccc(Cn5cc([C]6[CH][CH][CH][CH]6)nn5)cc4)cc3)nn2)[CH]1.[Fe+2].[Fe+2]. The number of para-hydroxylation sites is 4. The maximum Gasteiger partial charge on any atom is 2.00 e. The molecule has 0 spiro atoms. The third kappa shape index (κ3) is 15.8. The second kappa shape index (κ2) is 29.3. The summed E-state index contributed by atoms with van der Waals surface area (Å²) in [6.45, 7) is 12.1. The number of hydrogen-bond acceptors (Lipinski definition) is 10. The van der Waals surface area contributed by atoms with Crippen LogP contribution in [0.15, 0.2) is 109 Å². The summed E-state index contributed by atoms with van der Waals surface area (Å²) >= 11 is 0. The van der Waals surface area contributed by atoms with Gasteiger partial charge in [-0.1, -0.05) is 83.2 Å². The Morgan fingerprint density at radius 2 is 0.737 bits per heavy atom. The molecule has 0 amide bonds. The van der Waals surface area contributed by atoms with Gasteiger partial charge in [-0.3, -0.25) is 9.80 Å². The second-order valence-corrected chi connectivity index (χ2v) is 18.8. The van der Waals surface area contributed by atoms with Crippen LogP contribution in [0.5, 0.6) is 11.5 Å². The largest absolute Gasteiger partial charge is 2.00 e. The van der Waals surface area contributed by atoms with Gasteiger partial charge in [0, 0.05) is 89.7 Å². The van der Waals surface area contributed by atoms with Crippen molar-refractivity contribution in [3.63, 3.8) is 0 Å². The Kier molecular flexibility index (Phi) is 22.2. The molecular weight excluding hydrogens is 1030 g/mol. The summed E-state index contributed by atoms with van der Waals surface area (Å²) in [6.07, 6.45) is 37.4. The van der Waals surface area contributed by atoms with E-state index in [1.807, 2.05) is 97.4 Å². The summed E-state index contributed by atoms with van der Waals surface area (Å²) in [5.74, 6) is 6.95. The van der Waals surface area contributed by atoms with Gasteiger partial charge in [-0.2, -0.15) is 0 Å². The zero-order valence-corrected chi connectivity index (χ0v) is 45.3. The van der Waals surface area contributed by atoms with Gasteiger partial charge in [0.15, 0.2) is 0 Å². The average Bonchev–Trinajstić information content (AvgIpc) is 4.32. The molecule has 20 radical (unpaired) electrons. The predicted molar refractivity (Wildman–Crippen MR) is 293 cm³/mol. The Balaban J connectivity index is 0.000000158. The summed E-state index contributed by atoms with van der Waals surface area (Å²) in [5, 5.41) is 17.1. The quantitative estimate of drug-likeness (QED) is 0.0933. The molecule has 4 heterocycles. The standard InChI is InChI=1S/C28H22N6.2C17H21N2O.2Fe/c1-2-6-25(5-1)27-19-33(31-29-27)17-21-9-13-23(14-10-21)24-15-11-22(12-16-24)18-34-20-28(30-32-34)26-7-3-4-8-26;2*1-20-17-9-5-4-8-16(17)19-12-10-18(11-13-19)14-15-6-2-3-7-15;;/h1-16,19-20H,17-18H2;2*2-9H,10-14H2,1H3;;/q;;;2*+2. The first-order chi connectivity index (χ1) is 36.5. The van der Waals surface area contributed by atoms with Gasteiger partial charge in [0.2, 0.25) is 0 Å². The van der Waals surface area contributed by atoms with E-state index in [9.17, 15) is 0 Å². The fourth-order valence-electron chi connectivity index (χ4n) is 9.72. The molecule has 12 rings (SSSR count). The molecule has 386 valence electrons. The van der Waals surface area contributed by atoms with Gasteiger partial charge < -0.3 is 19.3 Å². The minimum absolute atomic E-state index is 0. The molecule has 0 bridgehead atoms. The normalized spacial score (nSPS) is 18.9. The van der Waals surface area contributed by atoms with Crippen LogP contribution in [0.1, 0.15) is 22.5 Å². The minimum atomic E-state index is 0. The number of anilines is 2. The first-order valence-corrected chi connectivity index (χ1v) is 25.6. The van der Waals surface area contributed by atoms with E-state index in [1.54, 1.807) is 14.2 Å². The van der Waals surface area contributed by atoms with Gasteiger partial charge in [-0.05, 0) is 161 Å². The zero-order chi connectivity index (χ0) is 50.3. The Morgan fingerprint density at radius 1 is 0.395 bits per heavy atom. The molecule has 2 saturated heterocycles. The van der Waals surface area contributed by atoms with Crippen LogP contribution in [0.4, 0.5) is 11.4 Å². The Labute approximate surface area is 475 Å². The van der Waals surface area contributed by atoms with Crippen molar-refractivity contribution >= 4 is 11.4 Å². The minimum Gasteiger partial charge on any atom is -0.495 e. The Morgan fingerprint density at radius 3 is 1.09 bits per heavy atom. The molecule has 0 atom stereocenters. The van der Waals surface area contributed by atoms with Gasteiger partial charge >= 0.3 is 34.1 Å². The first kappa shape index (κ1) is 57.5. The predicted octanol–water partition coefficient (Wildman–Crippen LogP) is 8.58. The molecule has 12 nitrogen and oxygen atoms in total. The number of methoxy groups -OCH3 is 2. The smallest absolute Gasteiger partial charge is 0.495 e. The average molecular weight is 1090 g/mol. The number of nitrogens with zero attached hydrogens (tertiary/aromatic N) is 10. The van der Waals surface area contributed by atoms with Crippen molar-refractivity contribution in [3.05, 3.63) is 258 Å². The summed E-state index contributed by atoms with van der Waals surface area (Å²) in [6, 6.07) is 33.8. The molecule has 14 heteroatoms. The Bertz CT molecular complexity index is 2410. The van der Waals surface area contributed by atoms with Crippen molar-refractivity contribution in [2.45, 2.75) is 13.1 Å². The topological polar surface area (TPSA) is 92.8 Å². The summed E-state index contributed by atoms with van der Waals surface area (Å²) < 4.78 is 14.7. The summed E-state index contributed by atoms with van der Waals surface area (Å²) in [7, 11) is 3.48. The van der Waals surface area contributed by atoms with Crippen LogP contribution in [0.2, 0.25) is 0 Å². The number of aromatic nitrogens is 6.